The quantitative estimate of drug-likeness (QED) is 0.209. The average Bonchev–Trinajstić information content (AvgIpc) is 3.08. The van der Waals surface area contributed by atoms with Gasteiger partial charge in [0, 0.05) is 91.3 Å². The molecular formula is C40H56N6O5. The summed E-state index contributed by atoms with van der Waals surface area (Å²) in [4.78, 5) is 53.0. The molecule has 5 rings (SSSR count). The zero-order valence-electron chi connectivity index (χ0n) is 31.6. The molecule has 2 saturated heterocycles. The maximum Gasteiger partial charge on any atom is 0.407 e. The Morgan fingerprint density at radius 2 is 1.73 bits per heavy atom. The molecule has 0 unspecified atom stereocenters. The van der Waals surface area contributed by atoms with Crippen molar-refractivity contribution in [1.82, 2.24) is 20.2 Å². The molecule has 11 heteroatoms. The largest absolute Gasteiger partial charge is 0.465 e. The number of H-pyrrole nitrogens is 1. The zero-order chi connectivity index (χ0) is 37.0. The highest BCUT2D eigenvalue weighted by molar-refractivity contribution is 5.99. The minimum Gasteiger partial charge on any atom is -0.465 e. The number of carbonyl (C=O) groups is 2. The molecule has 0 radical (unpaired) electrons. The lowest BCUT2D eigenvalue weighted by Gasteiger charge is -2.43. The summed E-state index contributed by atoms with van der Waals surface area (Å²) in [6.45, 7) is 19.7. The van der Waals surface area contributed by atoms with E-state index >= 15 is 0 Å². The van der Waals surface area contributed by atoms with Gasteiger partial charge < -0.3 is 34.8 Å². The van der Waals surface area contributed by atoms with Crippen LogP contribution in [0.2, 0.25) is 0 Å². The molecule has 0 aliphatic carbocycles. The number of amides is 2. The Hall–Kier alpha value is -4.38. The van der Waals surface area contributed by atoms with E-state index in [1.165, 1.54) is 0 Å². The molecule has 2 aromatic heterocycles. The van der Waals surface area contributed by atoms with Crippen molar-refractivity contribution in [2.45, 2.75) is 111 Å². The van der Waals surface area contributed by atoms with Crippen LogP contribution in [0.15, 0.2) is 41.3 Å². The fraction of sp³-hybridized carbons (Fsp3) is 0.550. The summed E-state index contributed by atoms with van der Waals surface area (Å²) < 4.78 is 5.68. The maximum atomic E-state index is 14.0. The SMILES string of the molecule is CCN(c1cc(-c2ccc(N3CCC(N(C(=O)O)C(C)(C)C)CC3)nc2)cc(C(=O)NCc2c(C(C)C)cc(C)[nH]c2=O)c1C)C1CCOCC1. The number of benzene rings is 1. The molecule has 2 aliphatic rings. The Kier molecular flexibility index (Phi) is 11.8. The number of aryl methyl sites for hydroxylation is 1. The number of carboxylic acid groups (broad SMARTS) is 1. The Morgan fingerprint density at radius 1 is 1.04 bits per heavy atom. The van der Waals surface area contributed by atoms with Crippen molar-refractivity contribution in [3.63, 3.8) is 0 Å². The number of pyridine rings is 2. The topological polar surface area (TPSA) is 131 Å². The molecule has 0 spiro atoms. The molecule has 4 heterocycles. The van der Waals surface area contributed by atoms with Gasteiger partial charge in [-0.1, -0.05) is 13.8 Å². The van der Waals surface area contributed by atoms with Crippen molar-refractivity contribution in [2.75, 3.05) is 42.6 Å². The summed E-state index contributed by atoms with van der Waals surface area (Å²) in [6.07, 6.45) is 4.29. The van der Waals surface area contributed by atoms with Gasteiger partial charge in [0.2, 0.25) is 0 Å². The van der Waals surface area contributed by atoms with Crippen molar-refractivity contribution in [3.05, 3.63) is 74.8 Å². The third-order valence-electron chi connectivity index (χ3n) is 10.4. The number of aromatic nitrogens is 2. The standard InChI is InChI=1S/C40H56N6O5/c1-9-45(30-14-18-51-19-15-30)35-22-29(21-33(27(35)5)37(47)42-24-34-32(25(2)3)20-26(4)43-38(34)48)28-10-11-36(41-23-28)44-16-12-31(13-17-44)46(39(49)50)40(6,7)8/h10-11,20-23,25,30-31H,9,12-19,24H2,1-8H3,(H,42,47)(H,43,48)(H,49,50). The van der Waals surface area contributed by atoms with Gasteiger partial charge in [0.15, 0.2) is 0 Å². The Morgan fingerprint density at radius 3 is 2.29 bits per heavy atom. The molecule has 2 amide bonds. The van der Waals surface area contributed by atoms with Gasteiger partial charge in [-0.3, -0.25) is 9.59 Å². The van der Waals surface area contributed by atoms with E-state index in [0.29, 0.717) is 30.4 Å². The van der Waals surface area contributed by atoms with E-state index < -0.39 is 11.6 Å². The van der Waals surface area contributed by atoms with Crippen LogP contribution >= 0.6 is 0 Å². The number of piperidine rings is 1. The third kappa shape index (κ3) is 8.57. The number of aromatic amines is 1. The number of nitrogens with zero attached hydrogens (tertiary/aromatic N) is 4. The summed E-state index contributed by atoms with van der Waals surface area (Å²) in [7, 11) is 0. The van der Waals surface area contributed by atoms with E-state index in [1.54, 1.807) is 4.90 Å². The van der Waals surface area contributed by atoms with Gasteiger partial charge in [0.1, 0.15) is 5.82 Å². The fourth-order valence-electron chi connectivity index (χ4n) is 7.81. The first kappa shape index (κ1) is 37.9. The van der Waals surface area contributed by atoms with E-state index in [-0.39, 0.29) is 30.0 Å². The second-order valence-corrected chi connectivity index (χ2v) is 15.3. The number of carbonyl (C=O) groups excluding carboxylic acids is 1. The van der Waals surface area contributed by atoms with Crippen molar-refractivity contribution in [1.29, 1.82) is 0 Å². The van der Waals surface area contributed by atoms with Gasteiger partial charge in [-0.2, -0.15) is 0 Å². The summed E-state index contributed by atoms with van der Waals surface area (Å²) in [5.41, 5.74) is 5.93. The van der Waals surface area contributed by atoms with Crippen LogP contribution in [0, 0.1) is 13.8 Å². The molecule has 11 nitrogen and oxygen atoms in total. The molecule has 3 aromatic rings. The fourth-order valence-corrected chi connectivity index (χ4v) is 7.81. The van der Waals surface area contributed by atoms with Crippen molar-refractivity contribution in [2.24, 2.45) is 0 Å². The minimum atomic E-state index is -0.878. The van der Waals surface area contributed by atoms with Gasteiger partial charge in [-0.15, -0.1) is 0 Å². The van der Waals surface area contributed by atoms with Crippen LogP contribution in [0.25, 0.3) is 11.1 Å². The maximum absolute atomic E-state index is 14.0. The predicted molar refractivity (Wildman–Crippen MR) is 203 cm³/mol. The molecule has 51 heavy (non-hydrogen) atoms. The van der Waals surface area contributed by atoms with Crippen molar-refractivity contribution < 1.29 is 19.4 Å². The molecule has 2 aliphatic heterocycles. The molecular weight excluding hydrogens is 644 g/mol. The van der Waals surface area contributed by atoms with E-state index in [0.717, 1.165) is 84.8 Å². The first-order valence-corrected chi connectivity index (χ1v) is 18.4. The molecule has 1 aromatic carbocycles. The van der Waals surface area contributed by atoms with Crippen molar-refractivity contribution >= 4 is 23.5 Å². The number of nitrogens with one attached hydrogen (secondary N) is 2. The first-order chi connectivity index (χ1) is 24.2. The molecule has 0 bridgehead atoms. The molecule has 276 valence electrons. The Bertz CT molecular complexity index is 1750. The van der Waals surface area contributed by atoms with Crippen molar-refractivity contribution in [3.8, 4) is 11.1 Å². The summed E-state index contributed by atoms with van der Waals surface area (Å²) in [6, 6.07) is 10.4. The lowest BCUT2D eigenvalue weighted by Crippen LogP contribution is -2.54. The number of rotatable bonds is 10. The van der Waals surface area contributed by atoms with E-state index in [1.807, 2.05) is 59.0 Å². The Balaban J connectivity index is 1.43. The van der Waals surface area contributed by atoms with E-state index in [2.05, 4.69) is 53.0 Å². The van der Waals surface area contributed by atoms with Crippen LogP contribution in [0.5, 0.6) is 0 Å². The number of anilines is 2. The lowest BCUT2D eigenvalue weighted by atomic mass is 9.95. The second kappa shape index (κ2) is 15.9. The average molecular weight is 701 g/mol. The normalized spacial score (nSPS) is 16.0. The number of ether oxygens (including phenoxy) is 1. The number of hydrogen-bond acceptors (Lipinski definition) is 7. The lowest BCUT2D eigenvalue weighted by molar-refractivity contribution is 0.0615. The van der Waals surface area contributed by atoms with Crippen LogP contribution in [0.3, 0.4) is 0 Å². The minimum absolute atomic E-state index is 0.0351. The summed E-state index contributed by atoms with van der Waals surface area (Å²) >= 11 is 0. The Labute approximate surface area is 302 Å². The molecule has 3 N–H and O–H groups in total. The molecule has 2 fully saturated rings. The van der Waals surface area contributed by atoms with E-state index in [9.17, 15) is 19.5 Å². The van der Waals surface area contributed by atoms with Crippen LogP contribution < -0.4 is 20.7 Å². The van der Waals surface area contributed by atoms with Crippen LogP contribution in [-0.2, 0) is 11.3 Å². The number of hydrogen-bond donors (Lipinski definition) is 3. The van der Waals surface area contributed by atoms with Gasteiger partial charge in [0.25, 0.3) is 11.5 Å². The highest BCUT2D eigenvalue weighted by atomic mass is 16.5. The molecule has 0 saturated carbocycles. The first-order valence-electron chi connectivity index (χ1n) is 18.4. The highest BCUT2D eigenvalue weighted by Gasteiger charge is 2.35. The van der Waals surface area contributed by atoms with Crippen LogP contribution in [0.1, 0.15) is 106 Å². The smallest absolute Gasteiger partial charge is 0.407 e. The monoisotopic (exact) mass is 700 g/mol. The van der Waals surface area contributed by atoms with E-state index in [4.69, 9.17) is 9.72 Å². The van der Waals surface area contributed by atoms with Crippen LogP contribution in [0.4, 0.5) is 16.3 Å². The molecule has 0 atom stereocenters. The second-order valence-electron chi connectivity index (χ2n) is 15.3. The van der Waals surface area contributed by atoms with Gasteiger partial charge in [0.05, 0.1) is 0 Å². The predicted octanol–water partition coefficient (Wildman–Crippen LogP) is 6.86. The zero-order valence-corrected chi connectivity index (χ0v) is 31.6. The summed E-state index contributed by atoms with van der Waals surface area (Å²) in [5.74, 6) is 0.755. The van der Waals surface area contributed by atoms with Gasteiger partial charge >= 0.3 is 6.09 Å². The third-order valence-corrected chi connectivity index (χ3v) is 10.4. The van der Waals surface area contributed by atoms with Gasteiger partial charge in [-0.05, 0) is 120 Å². The van der Waals surface area contributed by atoms with Gasteiger partial charge in [-0.25, -0.2) is 9.78 Å². The van der Waals surface area contributed by atoms with Crippen LogP contribution in [-0.4, -0.2) is 82.4 Å². The summed E-state index contributed by atoms with van der Waals surface area (Å²) in [5, 5.41) is 13.0. The highest BCUT2D eigenvalue weighted by Crippen LogP contribution is 2.35.